The molecule has 9 heteroatoms. The van der Waals surface area contributed by atoms with Gasteiger partial charge in [-0.15, -0.1) is 11.8 Å². The number of likely N-dealkylation sites (tertiary alicyclic amines) is 1. The van der Waals surface area contributed by atoms with Crippen LogP contribution in [0, 0.1) is 0 Å². The molecule has 0 saturated carbocycles. The monoisotopic (exact) mass is 391 g/mol. The normalized spacial score (nSPS) is 16.4. The molecular weight excluding hydrogens is 361 g/mol. The molecule has 0 bridgehead atoms. The Hall–Kier alpha value is -1.32. The fourth-order valence-corrected chi connectivity index (χ4v) is 3.19. The van der Waals surface area contributed by atoms with Crippen molar-refractivity contribution >= 4 is 35.9 Å². The molecule has 1 unspecified atom stereocenters. The number of nitrogens with zero attached hydrogens (tertiary/aromatic N) is 1. The van der Waals surface area contributed by atoms with Gasteiger partial charge in [0.15, 0.2) is 0 Å². The van der Waals surface area contributed by atoms with Crippen LogP contribution < -0.4 is 11.5 Å². The van der Waals surface area contributed by atoms with Crippen molar-refractivity contribution in [3.63, 3.8) is 0 Å². The lowest BCUT2D eigenvalue weighted by atomic mass is 10.2. The van der Waals surface area contributed by atoms with E-state index in [2.05, 4.69) is 0 Å². The highest BCUT2D eigenvalue weighted by molar-refractivity contribution is 8.01. The van der Waals surface area contributed by atoms with Crippen LogP contribution in [0.5, 0.6) is 0 Å². The van der Waals surface area contributed by atoms with Crippen LogP contribution in [0.25, 0.3) is 0 Å². The summed E-state index contributed by atoms with van der Waals surface area (Å²) in [4.78, 5) is 45.0. The van der Waals surface area contributed by atoms with Gasteiger partial charge in [-0.3, -0.25) is 19.3 Å². The van der Waals surface area contributed by atoms with Crippen molar-refractivity contribution in [2.24, 2.45) is 11.5 Å². The molecule has 1 saturated heterocycles. The number of aldehydes is 1. The molecule has 0 radical (unpaired) electrons. The van der Waals surface area contributed by atoms with E-state index in [1.54, 1.807) is 0 Å². The first-order chi connectivity index (χ1) is 12.5. The van der Waals surface area contributed by atoms with E-state index in [9.17, 15) is 23.6 Å². The minimum atomic E-state index is -1.33. The minimum absolute atomic E-state index is 0.111. The van der Waals surface area contributed by atoms with E-state index >= 15 is 0 Å². The van der Waals surface area contributed by atoms with Crippen molar-refractivity contribution in [3.05, 3.63) is 0 Å². The maximum absolute atomic E-state index is 11.9. The number of carbonyl (C=O) groups is 4. The van der Waals surface area contributed by atoms with Crippen molar-refractivity contribution in [2.75, 3.05) is 25.4 Å². The van der Waals surface area contributed by atoms with Crippen molar-refractivity contribution in [3.8, 4) is 0 Å². The molecule has 0 aromatic heterocycles. The van der Waals surface area contributed by atoms with Gasteiger partial charge in [-0.05, 0) is 38.8 Å². The molecule has 2 amide bonds. The fourth-order valence-electron chi connectivity index (χ4n) is 2.35. The number of thioether (sulfide) groups is 1. The van der Waals surface area contributed by atoms with E-state index in [1.807, 2.05) is 0 Å². The summed E-state index contributed by atoms with van der Waals surface area (Å²) in [5.41, 5.74) is 10.5. The molecule has 1 fully saturated rings. The van der Waals surface area contributed by atoms with Crippen molar-refractivity contribution < 1.29 is 23.6 Å². The van der Waals surface area contributed by atoms with Crippen molar-refractivity contribution in [1.82, 2.24) is 4.90 Å². The summed E-state index contributed by atoms with van der Waals surface area (Å²) in [5, 5.41) is -0.454. The average molecular weight is 392 g/mol. The Balaban J connectivity index is 0.000000758. The van der Waals surface area contributed by atoms with Crippen LogP contribution in [0.2, 0.25) is 0 Å². The average Bonchev–Trinajstić information content (AvgIpc) is 2.87. The maximum Gasteiger partial charge on any atom is 0.301 e. The van der Waals surface area contributed by atoms with Gasteiger partial charge in [-0.2, -0.15) is 4.39 Å². The van der Waals surface area contributed by atoms with Gasteiger partial charge in [0.25, 0.3) is 0 Å². The van der Waals surface area contributed by atoms with Crippen LogP contribution in [0.4, 0.5) is 4.39 Å². The topological polar surface area (TPSA) is 124 Å². The predicted octanol–water partition coefficient (Wildman–Crippen LogP) is 1.18. The number of nitrogens with two attached hydrogens (primary N) is 2. The zero-order chi connectivity index (χ0) is 19.8. The smallest absolute Gasteiger partial charge is 0.301 e. The molecule has 0 aliphatic carbocycles. The largest absolute Gasteiger partial charge is 0.330 e. The predicted molar refractivity (Wildman–Crippen MR) is 100 cm³/mol. The number of hydrogen-bond acceptors (Lipinski definition) is 7. The van der Waals surface area contributed by atoms with Crippen LogP contribution in [-0.2, 0) is 19.2 Å². The molecule has 1 aliphatic heterocycles. The summed E-state index contributed by atoms with van der Waals surface area (Å²) in [6, 6.07) is -1.33. The number of rotatable bonds is 13. The van der Waals surface area contributed by atoms with Crippen LogP contribution in [-0.4, -0.2) is 59.7 Å². The van der Waals surface area contributed by atoms with Crippen LogP contribution in [0.3, 0.4) is 0 Å². The Kier molecular flexibility index (Phi) is 15.1. The Bertz CT molecular complexity index is 448. The second-order valence-electron chi connectivity index (χ2n) is 5.88. The molecule has 7 nitrogen and oxygen atoms in total. The Morgan fingerprint density at radius 2 is 1.73 bits per heavy atom. The van der Waals surface area contributed by atoms with E-state index in [1.165, 1.54) is 23.1 Å². The summed E-state index contributed by atoms with van der Waals surface area (Å²) in [7, 11) is 0. The molecule has 150 valence electrons. The van der Waals surface area contributed by atoms with E-state index in [4.69, 9.17) is 11.5 Å². The van der Waals surface area contributed by atoms with E-state index < -0.39 is 11.3 Å². The van der Waals surface area contributed by atoms with Gasteiger partial charge in [0, 0.05) is 25.1 Å². The third kappa shape index (κ3) is 11.3. The first-order valence-electron chi connectivity index (χ1n) is 8.95. The number of carbonyl (C=O) groups excluding carboxylic acids is 4. The SMILES string of the molecule is NCCCCCN.O=CCSC1CC(=O)N(CCCCCC(=O)F)C1=O. The van der Waals surface area contributed by atoms with Crippen molar-refractivity contribution in [2.45, 2.75) is 56.6 Å². The molecule has 26 heavy (non-hydrogen) atoms. The number of imide groups is 1. The summed E-state index contributed by atoms with van der Waals surface area (Å²) >= 11 is 1.17. The highest BCUT2D eigenvalue weighted by Gasteiger charge is 2.38. The molecule has 0 aromatic rings. The molecule has 1 atom stereocenters. The van der Waals surface area contributed by atoms with Gasteiger partial charge < -0.3 is 16.3 Å². The summed E-state index contributed by atoms with van der Waals surface area (Å²) in [6.07, 6.45) is 5.75. The molecule has 0 spiro atoms. The van der Waals surface area contributed by atoms with E-state index in [-0.39, 0.29) is 30.4 Å². The van der Waals surface area contributed by atoms with Crippen LogP contribution >= 0.6 is 11.8 Å². The standard InChI is InChI=1S/C12H16FNO4S.C5H14N2/c13-10(16)4-2-1-3-5-14-11(17)8-9(12(14)18)19-7-6-15;6-4-2-1-3-5-7/h6,9H,1-5,7-8H2;1-7H2. The quantitative estimate of drug-likeness (QED) is 0.209. The summed E-state index contributed by atoms with van der Waals surface area (Å²) in [5.74, 6) is -0.274. The second-order valence-corrected chi connectivity index (χ2v) is 7.12. The molecule has 1 heterocycles. The molecule has 1 rings (SSSR count). The first-order valence-corrected chi connectivity index (χ1v) is 10.0. The second kappa shape index (κ2) is 15.9. The van der Waals surface area contributed by atoms with E-state index in [0.29, 0.717) is 32.1 Å². The third-order valence-corrected chi connectivity index (χ3v) is 4.83. The maximum atomic E-state index is 11.9. The zero-order valence-electron chi connectivity index (χ0n) is 15.2. The molecule has 0 aromatic carbocycles. The van der Waals surface area contributed by atoms with Gasteiger partial charge in [-0.1, -0.05) is 12.8 Å². The number of halogens is 1. The fraction of sp³-hybridized carbons (Fsp3) is 0.765. The Labute approximate surface area is 158 Å². The van der Waals surface area contributed by atoms with Crippen molar-refractivity contribution in [1.29, 1.82) is 0 Å². The van der Waals surface area contributed by atoms with Gasteiger partial charge in [0.05, 0.1) is 5.25 Å². The van der Waals surface area contributed by atoms with Crippen LogP contribution in [0.1, 0.15) is 51.4 Å². The first kappa shape index (κ1) is 24.7. The highest BCUT2D eigenvalue weighted by Crippen LogP contribution is 2.24. The molecular formula is C17H30FN3O4S. The number of amides is 2. The third-order valence-electron chi connectivity index (χ3n) is 3.73. The van der Waals surface area contributed by atoms with Gasteiger partial charge in [-0.25, -0.2) is 0 Å². The number of hydrogen-bond donors (Lipinski definition) is 2. The van der Waals surface area contributed by atoms with Gasteiger partial charge in [0.2, 0.25) is 11.8 Å². The summed E-state index contributed by atoms with van der Waals surface area (Å²) < 4.78 is 11.9. The lowest BCUT2D eigenvalue weighted by Gasteiger charge is -2.14. The lowest BCUT2D eigenvalue weighted by Crippen LogP contribution is -2.32. The Morgan fingerprint density at radius 3 is 2.27 bits per heavy atom. The zero-order valence-corrected chi connectivity index (χ0v) is 16.0. The minimum Gasteiger partial charge on any atom is -0.330 e. The lowest BCUT2D eigenvalue weighted by molar-refractivity contribution is -0.138. The summed E-state index contributed by atoms with van der Waals surface area (Å²) in [6.45, 7) is 1.91. The van der Waals surface area contributed by atoms with Gasteiger partial charge in [0.1, 0.15) is 6.29 Å². The highest BCUT2D eigenvalue weighted by atomic mass is 32.2. The van der Waals surface area contributed by atoms with E-state index in [0.717, 1.165) is 25.9 Å². The Morgan fingerprint density at radius 1 is 1.12 bits per heavy atom. The molecule has 4 N–H and O–H groups in total. The van der Waals surface area contributed by atoms with Gasteiger partial charge >= 0.3 is 6.04 Å². The van der Waals surface area contributed by atoms with Crippen LogP contribution in [0.15, 0.2) is 0 Å². The molecule has 1 aliphatic rings. The number of unbranched alkanes of at least 4 members (excludes halogenated alkanes) is 4.